The molecular weight excluding hydrogens is 172 g/mol. The van der Waals surface area contributed by atoms with Crippen molar-refractivity contribution in [3.63, 3.8) is 0 Å². The van der Waals surface area contributed by atoms with Gasteiger partial charge in [-0.15, -0.1) is 0 Å². The van der Waals surface area contributed by atoms with Crippen molar-refractivity contribution >= 4 is 0 Å². The van der Waals surface area contributed by atoms with Crippen LogP contribution in [0.25, 0.3) is 0 Å². The molecular formula is C13H20O. The monoisotopic (exact) mass is 192 g/mol. The summed E-state index contributed by atoms with van der Waals surface area (Å²) in [6.45, 7) is 4.00. The molecule has 0 N–H and O–H groups in total. The van der Waals surface area contributed by atoms with Gasteiger partial charge in [-0.05, 0) is 30.4 Å². The maximum atomic E-state index is 5.42. The van der Waals surface area contributed by atoms with Gasteiger partial charge in [0.1, 0.15) is 0 Å². The fourth-order valence-corrected chi connectivity index (χ4v) is 1.95. The molecule has 0 bridgehead atoms. The van der Waals surface area contributed by atoms with E-state index in [1.54, 1.807) is 7.11 Å². The Morgan fingerprint density at radius 3 is 2.64 bits per heavy atom. The second-order valence-electron chi connectivity index (χ2n) is 3.32. The molecule has 14 heavy (non-hydrogen) atoms. The van der Waals surface area contributed by atoms with Crippen LogP contribution in [0.5, 0.6) is 0 Å². The van der Waals surface area contributed by atoms with Gasteiger partial charge in [-0.25, -0.2) is 0 Å². The van der Waals surface area contributed by atoms with Gasteiger partial charge in [-0.1, -0.05) is 38.1 Å². The molecule has 0 amide bonds. The maximum Gasteiger partial charge on any atom is 0.0823 e. The standard InChI is InChI=1S/C11H14O.C2H6/c1-12-11-8-4-6-9-5-2-3-7-10(9)11;1-2/h2-3,5,7,11H,4,6,8H2,1H3;1-2H3. The predicted octanol–water partition coefficient (Wildman–Crippen LogP) is 3.74. The number of fused-ring (bicyclic) bond motifs is 1. The second-order valence-corrected chi connectivity index (χ2v) is 3.32. The first-order valence-corrected chi connectivity index (χ1v) is 5.52. The molecule has 0 heterocycles. The molecule has 0 fully saturated rings. The Balaban J connectivity index is 0.000000461. The van der Waals surface area contributed by atoms with Crippen molar-refractivity contribution in [3.8, 4) is 0 Å². The zero-order valence-corrected chi connectivity index (χ0v) is 9.42. The molecule has 1 aromatic rings. The number of methoxy groups -OCH3 is 1. The highest BCUT2D eigenvalue weighted by Gasteiger charge is 2.18. The molecule has 0 aromatic heterocycles. The first-order valence-electron chi connectivity index (χ1n) is 5.52. The Hall–Kier alpha value is -0.820. The van der Waals surface area contributed by atoms with Crippen molar-refractivity contribution < 1.29 is 4.74 Å². The summed E-state index contributed by atoms with van der Waals surface area (Å²) in [6, 6.07) is 8.59. The summed E-state index contributed by atoms with van der Waals surface area (Å²) in [5.74, 6) is 0. The third kappa shape index (κ3) is 2.36. The summed E-state index contributed by atoms with van der Waals surface area (Å²) in [5.41, 5.74) is 2.86. The molecule has 0 aliphatic heterocycles. The number of benzene rings is 1. The zero-order valence-electron chi connectivity index (χ0n) is 9.42. The van der Waals surface area contributed by atoms with Gasteiger partial charge in [0.15, 0.2) is 0 Å². The summed E-state index contributed by atoms with van der Waals surface area (Å²) in [6.07, 6.45) is 3.99. The molecule has 1 nitrogen and oxygen atoms in total. The van der Waals surface area contributed by atoms with Crippen LogP contribution in [-0.2, 0) is 11.2 Å². The van der Waals surface area contributed by atoms with E-state index in [2.05, 4.69) is 24.3 Å². The van der Waals surface area contributed by atoms with Crippen molar-refractivity contribution in [2.75, 3.05) is 7.11 Å². The lowest BCUT2D eigenvalue weighted by Gasteiger charge is -2.23. The lowest BCUT2D eigenvalue weighted by atomic mass is 9.89. The third-order valence-corrected chi connectivity index (χ3v) is 2.60. The summed E-state index contributed by atoms with van der Waals surface area (Å²) in [7, 11) is 1.80. The number of rotatable bonds is 1. The quantitative estimate of drug-likeness (QED) is 0.658. The van der Waals surface area contributed by atoms with Gasteiger partial charge in [-0.2, -0.15) is 0 Å². The minimum atomic E-state index is 0.343. The molecule has 1 heteroatoms. The molecule has 1 aliphatic carbocycles. The van der Waals surface area contributed by atoms with E-state index in [0.717, 1.165) is 0 Å². The van der Waals surface area contributed by atoms with E-state index in [1.807, 2.05) is 13.8 Å². The van der Waals surface area contributed by atoms with Gasteiger partial charge in [0.05, 0.1) is 6.10 Å². The molecule has 1 unspecified atom stereocenters. The molecule has 1 aromatic carbocycles. The highest BCUT2D eigenvalue weighted by atomic mass is 16.5. The number of hydrogen-bond acceptors (Lipinski definition) is 1. The van der Waals surface area contributed by atoms with E-state index in [9.17, 15) is 0 Å². The smallest absolute Gasteiger partial charge is 0.0823 e. The molecule has 2 rings (SSSR count). The minimum Gasteiger partial charge on any atom is -0.377 e. The van der Waals surface area contributed by atoms with E-state index in [-0.39, 0.29) is 0 Å². The van der Waals surface area contributed by atoms with Crippen molar-refractivity contribution in [3.05, 3.63) is 35.4 Å². The maximum absolute atomic E-state index is 5.42. The predicted molar refractivity (Wildman–Crippen MR) is 60.5 cm³/mol. The Bertz CT molecular complexity index is 268. The number of hydrogen-bond donors (Lipinski definition) is 0. The Morgan fingerprint density at radius 1 is 1.21 bits per heavy atom. The van der Waals surface area contributed by atoms with Crippen LogP contribution in [0.15, 0.2) is 24.3 Å². The molecule has 0 radical (unpaired) electrons. The van der Waals surface area contributed by atoms with Crippen LogP contribution in [0.4, 0.5) is 0 Å². The number of aryl methyl sites for hydroxylation is 1. The van der Waals surface area contributed by atoms with Crippen molar-refractivity contribution in [1.82, 2.24) is 0 Å². The van der Waals surface area contributed by atoms with Gasteiger partial charge in [-0.3, -0.25) is 0 Å². The van der Waals surface area contributed by atoms with Crippen LogP contribution in [0.2, 0.25) is 0 Å². The summed E-state index contributed by atoms with van der Waals surface area (Å²) < 4.78 is 5.42. The van der Waals surface area contributed by atoms with Crippen molar-refractivity contribution in [1.29, 1.82) is 0 Å². The largest absolute Gasteiger partial charge is 0.377 e. The zero-order chi connectivity index (χ0) is 10.4. The molecule has 78 valence electrons. The summed E-state index contributed by atoms with van der Waals surface area (Å²) in [4.78, 5) is 0. The van der Waals surface area contributed by atoms with Crippen LogP contribution in [0.3, 0.4) is 0 Å². The molecule has 1 atom stereocenters. The first-order chi connectivity index (χ1) is 6.92. The molecule has 0 saturated carbocycles. The number of ether oxygens (including phenoxy) is 1. The van der Waals surface area contributed by atoms with Crippen LogP contribution in [0, 0.1) is 0 Å². The molecule has 0 saturated heterocycles. The first kappa shape index (κ1) is 11.3. The van der Waals surface area contributed by atoms with Crippen LogP contribution >= 0.6 is 0 Å². The normalized spacial score (nSPS) is 19.2. The highest BCUT2D eigenvalue weighted by molar-refractivity contribution is 5.31. The van der Waals surface area contributed by atoms with E-state index in [4.69, 9.17) is 4.74 Å². The van der Waals surface area contributed by atoms with Gasteiger partial charge >= 0.3 is 0 Å². The van der Waals surface area contributed by atoms with Crippen LogP contribution in [-0.4, -0.2) is 7.11 Å². The average Bonchev–Trinajstić information content (AvgIpc) is 2.31. The topological polar surface area (TPSA) is 9.23 Å². The van der Waals surface area contributed by atoms with Gasteiger partial charge in [0.25, 0.3) is 0 Å². The van der Waals surface area contributed by atoms with Gasteiger partial charge in [0, 0.05) is 7.11 Å². The Morgan fingerprint density at radius 2 is 1.93 bits per heavy atom. The molecule has 0 spiro atoms. The third-order valence-electron chi connectivity index (χ3n) is 2.60. The van der Waals surface area contributed by atoms with Crippen LogP contribution < -0.4 is 0 Å². The lowest BCUT2D eigenvalue weighted by Crippen LogP contribution is -2.10. The SMILES string of the molecule is CC.COC1CCCc2ccccc21. The van der Waals surface area contributed by atoms with Crippen molar-refractivity contribution in [2.45, 2.75) is 39.2 Å². The van der Waals surface area contributed by atoms with E-state index >= 15 is 0 Å². The highest BCUT2D eigenvalue weighted by Crippen LogP contribution is 2.31. The van der Waals surface area contributed by atoms with E-state index in [1.165, 1.54) is 30.4 Å². The van der Waals surface area contributed by atoms with Crippen LogP contribution in [0.1, 0.15) is 43.9 Å². The fourth-order valence-electron chi connectivity index (χ4n) is 1.95. The van der Waals surface area contributed by atoms with Crippen molar-refractivity contribution in [2.24, 2.45) is 0 Å². The fraction of sp³-hybridized carbons (Fsp3) is 0.538. The Kier molecular flexibility index (Phi) is 4.68. The summed E-state index contributed by atoms with van der Waals surface area (Å²) in [5, 5.41) is 0. The average molecular weight is 192 g/mol. The van der Waals surface area contributed by atoms with E-state index in [0.29, 0.717) is 6.10 Å². The van der Waals surface area contributed by atoms with E-state index < -0.39 is 0 Å². The Labute approximate surface area is 87.1 Å². The molecule has 1 aliphatic rings. The van der Waals surface area contributed by atoms with Gasteiger partial charge in [0.2, 0.25) is 0 Å². The summed E-state index contributed by atoms with van der Waals surface area (Å²) >= 11 is 0. The second kappa shape index (κ2) is 5.82. The lowest BCUT2D eigenvalue weighted by molar-refractivity contribution is 0.0881. The minimum absolute atomic E-state index is 0.343. The van der Waals surface area contributed by atoms with Gasteiger partial charge < -0.3 is 4.74 Å².